The van der Waals surface area contributed by atoms with Crippen molar-refractivity contribution in [3.63, 3.8) is 0 Å². The zero-order valence-corrected chi connectivity index (χ0v) is 19.9. The van der Waals surface area contributed by atoms with E-state index in [1.54, 1.807) is 29.2 Å². The van der Waals surface area contributed by atoms with Crippen molar-refractivity contribution in [2.24, 2.45) is 11.8 Å². The Hall–Kier alpha value is -1.93. The van der Waals surface area contributed by atoms with Crippen molar-refractivity contribution in [3.8, 4) is 0 Å². The van der Waals surface area contributed by atoms with Crippen LogP contribution in [0.15, 0.2) is 29.2 Å². The highest BCUT2D eigenvalue weighted by Gasteiger charge is 2.41. The summed E-state index contributed by atoms with van der Waals surface area (Å²) in [6.45, 7) is 9.84. The molecule has 1 saturated heterocycles. The highest BCUT2D eigenvalue weighted by molar-refractivity contribution is 7.89. The third kappa shape index (κ3) is 5.29. The van der Waals surface area contributed by atoms with Crippen LogP contribution < -0.4 is 4.90 Å². The molecule has 0 bridgehead atoms. The summed E-state index contributed by atoms with van der Waals surface area (Å²) < 4.78 is 26.8. The van der Waals surface area contributed by atoms with Gasteiger partial charge in [0.25, 0.3) is 0 Å². The van der Waals surface area contributed by atoms with Gasteiger partial charge in [-0.05, 0) is 49.4 Å². The number of anilines is 1. The van der Waals surface area contributed by atoms with E-state index in [1.807, 2.05) is 18.7 Å². The number of amides is 2. The van der Waals surface area contributed by atoms with Gasteiger partial charge in [-0.25, -0.2) is 8.42 Å². The number of carbonyl (C=O) groups is 2. The van der Waals surface area contributed by atoms with Gasteiger partial charge in [-0.3, -0.25) is 9.59 Å². The van der Waals surface area contributed by atoms with Crippen LogP contribution in [0.1, 0.15) is 53.4 Å². The molecule has 3 rings (SSSR count). The number of nitrogens with zero attached hydrogens (tertiary/aromatic N) is 3. The van der Waals surface area contributed by atoms with E-state index >= 15 is 0 Å². The molecule has 1 aromatic carbocycles. The maximum atomic E-state index is 13.2. The molecule has 1 heterocycles. The van der Waals surface area contributed by atoms with Crippen LogP contribution in [0.3, 0.4) is 0 Å². The number of rotatable bonds is 10. The van der Waals surface area contributed by atoms with Gasteiger partial charge in [-0.1, -0.05) is 27.7 Å². The highest BCUT2D eigenvalue weighted by atomic mass is 32.2. The van der Waals surface area contributed by atoms with Crippen molar-refractivity contribution in [2.75, 3.05) is 31.1 Å². The lowest BCUT2D eigenvalue weighted by Crippen LogP contribution is -2.40. The molecular formula is C23H35N3O4S. The zero-order chi connectivity index (χ0) is 22.8. The fraction of sp³-hybridized carbons (Fsp3) is 0.652. The summed E-state index contributed by atoms with van der Waals surface area (Å²) >= 11 is 0. The predicted octanol–water partition coefficient (Wildman–Crippen LogP) is 3.11. The van der Waals surface area contributed by atoms with Crippen LogP contribution in [-0.2, 0) is 19.6 Å². The molecule has 0 spiro atoms. The number of carbonyl (C=O) groups excluding carboxylic acids is 2. The van der Waals surface area contributed by atoms with Crippen LogP contribution in [0.2, 0.25) is 0 Å². The summed E-state index contributed by atoms with van der Waals surface area (Å²) in [5, 5.41) is 0. The second-order valence-corrected chi connectivity index (χ2v) is 10.9. The maximum absolute atomic E-state index is 13.2. The lowest BCUT2D eigenvalue weighted by atomic mass is 10.1. The Bertz CT molecular complexity index is 890. The molecule has 1 unspecified atom stereocenters. The van der Waals surface area contributed by atoms with E-state index in [4.69, 9.17) is 0 Å². The van der Waals surface area contributed by atoms with E-state index < -0.39 is 10.0 Å². The topological polar surface area (TPSA) is 78.0 Å². The van der Waals surface area contributed by atoms with Crippen molar-refractivity contribution in [1.82, 2.24) is 9.21 Å². The Kier molecular flexibility index (Phi) is 7.42. The van der Waals surface area contributed by atoms with Crippen LogP contribution in [-0.4, -0.2) is 61.7 Å². The van der Waals surface area contributed by atoms with E-state index in [1.165, 1.54) is 4.31 Å². The Morgan fingerprint density at radius 3 is 2.26 bits per heavy atom. The summed E-state index contributed by atoms with van der Waals surface area (Å²) in [5.41, 5.74) is 0.638. The molecule has 2 aliphatic rings. The minimum Gasteiger partial charge on any atom is -0.339 e. The summed E-state index contributed by atoms with van der Waals surface area (Å²) in [6, 6.07) is 6.76. The van der Waals surface area contributed by atoms with Crippen LogP contribution in [0.25, 0.3) is 0 Å². The standard InChI is InChI=1S/C23H35N3O4S/c1-5-24(6-2)31(29,30)21-11-9-20(10-12-21)26-16-18(15-22(26)27)23(28)25(19-7-8-19)14-13-17(3)4/h9-12,17-19H,5-8,13-16H2,1-4H3. The van der Waals surface area contributed by atoms with Crippen LogP contribution >= 0.6 is 0 Å². The SMILES string of the molecule is CCN(CC)S(=O)(=O)c1ccc(N2CC(C(=O)N(CCC(C)C)C3CC3)CC2=O)cc1. The van der Waals surface area contributed by atoms with Crippen LogP contribution in [0, 0.1) is 11.8 Å². The van der Waals surface area contributed by atoms with Gasteiger partial charge in [0.2, 0.25) is 21.8 Å². The van der Waals surface area contributed by atoms with Crippen molar-refractivity contribution >= 4 is 27.5 Å². The molecule has 0 radical (unpaired) electrons. The summed E-state index contributed by atoms with van der Waals surface area (Å²) in [4.78, 5) is 29.6. The van der Waals surface area contributed by atoms with Crippen LogP contribution in [0.4, 0.5) is 5.69 Å². The van der Waals surface area contributed by atoms with E-state index in [9.17, 15) is 18.0 Å². The maximum Gasteiger partial charge on any atom is 0.243 e. The van der Waals surface area contributed by atoms with Gasteiger partial charge >= 0.3 is 0 Å². The molecule has 8 heteroatoms. The fourth-order valence-corrected chi connectivity index (χ4v) is 5.58. The van der Waals surface area contributed by atoms with Gasteiger partial charge in [0.15, 0.2) is 0 Å². The Morgan fingerprint density at radius 2 is 1.74 bits per heavy atom. The predicted molar refractivity (Wildman–Crippen MR) is 121 cm³/mol. The normalized spacial score (nSPS) is 19.5. The average Bonchev–Trinajstić information content (AvgIpc) is 3.49. The minimum atomic E-state index is -3.54. The largest absolute Gasteiger partial charge is 0.339 e. The van der Waals surface area contributed by atoms with E-state index in [0.29, 0.717) is 37.3 Å². The van der Waals surface area contributed by atoms with Crippen molar-refractivity contribution in [3.05, 3.63) is 24.3 Å². The Morgan fingerprint density at radius 1 is 1.13 bits per heavy atom. The number of benzene rings is 1. The highest BCUT2D eigenvalue weighted by Crippen LogP contribution is 2.33. The first kappa shape index (κ1) is 23.7. The molecule has 1 aliphatic carbocycles. The van der Waals surface area contributed by atoms with Gasteiger partial charge in [0.05, 0.1) is 10.8 Å². The molecule has 172 valence electrons. The van der Waals surface area contributed by atoms with Gasteiger partial charge in [-0.15, -0.1) is 0 Å². The quantitative estimate of drug-likeness (QED) is 0.550. The average molecular weight is 450 g/mol. The fourth-order valence-electron chi connectivity index (χ4n) is 4.12. The Labute approximate surface area is 186 Å². The van der Waals surface area contributed by atoms with Gasteiger partial charge < -0.3 is 9.80 Å². The minimum absolute atomic E-state index is 0.0831. The molecule has 1 atom stereocenters. The molecule has 0 N–H and O–H groups in total. The smallest absolute Gasteiger partial charge is 0.243 e. The Balaban J connectivity index is 1.70. The first-order valence-electron chi connectivity index (χ1n) is 11.4. The van der Waals surface area contributed by atoms with Gasteiger partial charge in [0, 0.05) is 44.3 Å². The number of hydrogen-bond donors (Lipinski definition) is 0. The van der Waals surface area contributed by atoms with Gasteiger partial charge in [-0.2, -0.15) is 4.31 Å². The molecule has 0 aromatic heterocycles. The molecule has 2 fully saturated rings. The first-order valence-corrected chi connectivity index (χ1v) is 12.8. The third-order valence-corrected chi connectivity index (χ3v) is 8.25. The van der Waals surface area contributed by atoms with E-state index in [0.717, 1.165) is 25.8 Å². The monoisotopic (exact) mass is 449 g/mol. The van der Waals surface area contributed by atoms with E-state index in [-0.39, 0.29) is 29.0 Å². The van der Waals surface area contributed by atoms with E-state index in [2.05, 4.69) is 13.8 Å². The zero-order valence-electron chi connectivity index (χ0n) is 19.1. The molecule has 1 saturated carbocycles. The van der Waals surface area contributed by atoms with Crippen LogP contribution in [0.5, 0.6) is 0 Å². The summed E-state index contributed by atoms with van der Waals surface area (Å²) in [7, 11) is -3.54. The lowest BCUT2D eigenvalue weighted by molar-refractivity contribution is -0.136. The first-order chi connectivity index (χ1) is 14.7. The second-order valence-electron chi connectivity index (χ2n) is 8.93. The van der Waals surface area contributed by atoms with Crippen molar-refractivity contribution in [2.45, 2.75) is 64.3 Å². The number of sulfonamides is 1. The second kappa shape index (κ2) is 9.69. The molecule has 2 amide bonds. The third-order valence-electron chi connectivity index (χ3n) is 6.18. The molecular weight excluding hydrogens is 414 g/mol. The molecule has 1 aliphatic heterocycles. The van der Waals surface area contributed by atoms with Crippen molar-refractivity contribution < 1.29 is 18.0 Å². The molecule has 1 aromatic rings. The van der Waals surface area contributed by atoms with Crippen molar-refractivity contribution in [1.29, 1.82) is 0 Å². The summed E-state index contributed by atoms with van der Waals surface area (Å²) in [5.74, 6) is 0.193. The molecule has 31 heavy (non-hydrogen) atoms. The summed E-state index contributed by atoms with van der Waals surface area (Å²) in [6.07, 6.45) is 3.28. The molecule has 7 nitrogen and oxygen atoms in total. The lowest BCUT2D eigenvalue weighted by Gasteiger charge is -2.26. The number of hydrogen-bond acceptors (Lipinski definition) is 4. The van der Waals surface area contributed by atoms with Gasteiger partial charge in [0.1, 0.15) is 0 Å².